The number of fused-ring (bicyclic) bond motifs is 1. The molecule has 3 heterocycles. The summed E-state index contributed by atoms with van der Waals surface area (Å²) in [7, 11) is 1.65. The zero-order valence-corrected chi connectivity index (χ0v) is 18.0. The maximum atomic E-state index is 13.5. The number of para-hydroxylation sites is 1. The average Bonchev–Trinajstić information content (AvgIpc) is 3.38. The molecule has 0 N–H and O–H groups in total. The molecule has 5 rings (SSSR count). The third kappa shape index (κ3) is 3.84. The molecule has 156 valence electrons. The van der Waals surface area contributed by atoms with Crippen LogP contribution in [0.5, 0.6) is 5.75 Å². The van der Waals surface area contributed by atoms with E-state index in [-0.39, 0.29) is 5.91 Å². The predicted molar refractivity (Wildman–Crippen MR) is 124 cm³/mol. The molecule has 1 fully saturated rings. The van der Waals surface area contributed by atoms with Gasteiger partial charge in [0.1, 0.15) is 5.75 Å². The number of nitrogens with zero attached hydrogens (tertiary/aromatic N) is 4. The van der Waals surface area contributed by atoms with Gasteiger partial charge in [-0.25, -0.2) is 9.97 Å². The van der Waals surface area contributed by atoms with Gasteiger partial charge in [0.2, 0.25) is 0 Å². The molecule has 1 aliphatic heterocycles. The van der Waals surface area contributed by atoms with Crippen LogP contribution in [0, 0.1) is 0 Å². The number of thiazole rings is 1. The Balaban J connectivity index is 1.46. The Kier molecular flexibility index (Phi) is 5.26. The Bertz CT molecular complexity index is 1200. The highest BCUT2D eigenvalue weighted by Crippen LogP contribution is 2.28. The van der Waals surface area contributed by atoms with Crippen LogP contribution < -0.4 is 9.64 Å². The van der Waals surface area contributed by atoms with Crippen molar-refractivity contribution in [2.75, 3.05) is 38.2 Å². The van der Waals surface area contributed by atoms with Crippen LogP contribution in [0.3, 0.4) is 0 Å². The largest absolute Gasteiger partial charge is 0.497 e. The van der Waals surface area contributed by atoms with E-state index in [1.807, 2.05) is 71.1 Å². The van der Waals surface area contributed by atoms with Crippen LogP contribution >= 0.6 is 11.3 Å². The third-order valence-electron chi connectivity index (χ3n) is 5.59. The molecule has 31 heavy (non-hydrogen) atoms. The van der Waals surface area contributed by atoms with E-state index in [1.165, 1.54) is 0 Å². The van der Waals surface area contributed by atoms with E-state index in [1.54, 1.807) is 18.4 Å². The predicted octanol–water partition coefficient (Wildman–Crippen LogP) is 4.33. The van der Waals surface area contributed by atoms with Crippen molar-refractivity contribution in [3.63, 3.8) is 0 Å². The van der Waals surface area contributed by atoms with E-state index in [9.17, 15) is 4.79 Å². The Labute approximate surface area is 184 Å². The van der Waals surface area contributed by atoms with E-state index >= 15 is 0 Å². The SMILES string of the molecule is COc1ccc(-c2cc(C(=O)N3CCN(c4nccs4)CC3)c3ccccc3n2)cc1. The van der Waals surface area contributed by atoms with Gasteiger partial charge < -0.3 is 14.5 Å². The second kappa shape index (κ2) is 8.35. The van der Waals surface area contributed by atoms with Gasteiger partial charge in [-0.15, -0.1) is 11.3 Å². The molecule has 4 aromatic rings. The van der Waals surface area contributed by atoms with Gasteiger partial charge in [0, 0.05) is 48.7 Å². The van der Waals surface area contributed by atoms with Gasteiger partial charge in [-0.1, -0.05) is 18.2 Å². The fourth-order valence-corrected chi connectivity index (χ4v) is 4.60. The quantitative estimate of drug-likeness (QED) is 0.482. The number of carbonyl (C=O) groups is 1. The van der Waals surface area contributed by atoms with Gasteiger partial charge in [0.25, 0.3) is 5.91 Å². The number of carbonyl (C=O) groups excluding carboxylic acids is 1. The lowest BCUT2D eigenvalue weighted by Crippen LogP contribution is -2.48. The van der Waals surface area contributed by atoms with E-state index in [2.05, 4.69) is 9.88 Å². The lowest BCUT2D eigenvalue weighted by Gasteiger charge is -2.34. The summed E-state index contributed by atoms with van der Waals surface area (Å²) < 4.78 is 5.26. The lowest BCUT2D eigenvalue weighted by molar-refractivity contribution is 0.0748. The second-order valence-electron chi connectivity index (χ2n) is 7.39. The summed E-state index contributed by atoms with van der Waals surface area (Å²) in [6.07, 6.45) is 1.82. The fraction of sp³-hybridized carbons (Fsp3) is 0.208. The first-order chi connectivity index (χ1) is 15.2. The molecule has 7 heteroatoms. The van der Waals surface area contributed by atoms with Gasteiger partial charge in [-0.05, 0) is 36.4 Å². The minimum atomic E-state index is 0.0483. The van der Waals surface area contributed by atoms with Crippen LogP contribution in [-0.2, 0) is 0 Å². The lowest BCUT2D eigenvalue weighted by atomic mass is 10.0. The van der Waals surface area contributed by atoms with Crippen LogP contribution in [0.4, 0.5) is 5.13 Å². The van der Waals surface area contributed by atoms with E-state index in [0.29, 0.717) is 18.7 Å². The van der Waals surface area contributed by atoms with Crippen molar-refractivity contribution < 1.29 is 9.53 Å². The van der Waals surface area contributed by atoms with Gasteiger partial charge in [0.05, 0.1) is 23.9 Å². The number of hydrogen-bond donors (Lipinski definition) is 0. The summed E-state index contributed by atoms with van der Waals surface area (Å²) in [6.45, 7) is 2.92. The third-order valence-corrected chi connectivity index (χ3v) is 6.42. The molecule has 2 aromatic carbocycles. The van der Waals surface area contributed by atoms with E-state index in [4.69, 9.17) is 9.72 Å². The Hall–Kier alpha value is -3.45. The normalized spacial score (nSPS) is 14.1. The molecule has 0 saturated carbocycles. The standard InChI is InChI=1S/C24H22N4O2S/c1-30-18-8-6-17(7-9-18)22-16-20(19-4-2-3-5-21(19)26-22)23(29)27-11-13-28(14-12-27)24-25-10-15-31-24/h2-10,15-16H,11-14H2,1H3. The summed E-state index contributed by atoms with van der Waals surface area (Å²) >= 11 is 1.63. The maximum absolute atomic E-state index is 13.5. The van der Waals surface area contributed by atoms with Crippen molar-refractivity contribution >= 4 is 33.3 Å². The van der Waals surface area contributed by atoms with Crippen LogP contribution in [0.15, 0.2) is 66.2 Å². The maximum Gasteiger partial charge on any atom is 0.254 e. The molecule has 0 spiro atoms. The fourth-order valence-electron chi connectivity index (χ4n) is 3.91. The van der Waals surface area contributed by atoms with Gasteiger partial charge >= 0.3 is 0 Å². The Morgan fingerprint density at radius 3 is 2.52 bits per heavy atom. The molecule has 0 radical (unpaired) electrons. The van der Waals surface area contributed by atoms with Crippen molar-refractivity contribution in [1.29, 1.82) is 0 Å². The summed E-state index contributed by atoms with van der Waals surface area (Å²) in [5.41, 5.74) is 3.25. The van der Waals surface area contributed by atoms with Crippen molar-refractivity contribution in [1.82, 2.24) is 14.9 Å². The highest BCUT2D eigenvalue weighted by molar-refractivity contribution is 7.13. The molecule has 0 atom stereocenters. The Morgan fingerprint density at radius 2 is 1.81 bits per heavy atom. The number of methoxy groups -OCH3 is 1. The summed E-state index contributed by atoms with van der Waals surface area (Å²) in [5.74, 6) is 0.839. The number of hydrogen-bond acceptors (Lipinski definition) is 6. The molecule has 1 amide bonds. The average molecular weight is 431 g/mol. The van der Waals surface area contributed by atoms with Crippen molar-refractivity contribution in [2.45, 2.75) is 0 Å². The number of rotatable bonds is 4. The highest BCUT2D eigenvalue weighted by atomic mass is 32.1. The van der Waals surface area contributed by atoms with Crippen LogP contribution in [0.1, 0.15) is 10.4 Å². The molecule has 0 unspecified atom stereocenters. The number of amides is 1. The summed E-state index contributed by atoms with van der Waals surface area (Å²) in [6, 6.07) is 17.5. The molecule has 0 bridgehead atoms. The summed E-state index contributed by atoms with van der Waals surface area (Å²) in [5, 5.41) is 3.88. The number of piperazine rings is 1. The van der Waals surface area contributed by atoms with Crippen molar-refractivity contribution in [3.05, 3.63) is 71.7 Å². The molecular weight excluding hydrogens is 408 g/mol. The van der Waals surface area contributed by atoms with Crippen molar-refractivity contribution in [2.24, 2.45) is 0 Å². The molecule has 6 nitrogen and oxygen atoms in total. The number of benzene rings is 2. The van der Waals surface area contributed by atoms with Gasteiger partial charge in [0.15, 0.2) is 5.13 Å². The molecule has 2 aromatic heterocycles. The first kappa shape index (κ1) is 19.5. The molecular formula is C24H22N4O2S. The second-order valence-corrected chi connectivity index (χ2v) is 8.27. The molecule has 0 aliphatic carbocycles. The van der Waals surface area contributed by atoms with E-state index < -0.39 is 0 Å². The Morgan fingerprint density at radius 1 is 1.03 bits per heavy atom. The van der Waals surface area contributed by atoms with Gasteiger partial charge in [-0.3, -0.25) is 4.79 Å². The number of aromatic nitrogens is 2. The van der Waals surface area contributed by atoms with Crippen molar-refractivity contribution in [3.8, 4) is 17.0 Å². The monoisotopic (exact) mass is 430 g/mol. The van der Waals surface area contributed by atoms with Crippen LogP contribution in [-0.4, -0.2) is 54.1 Å². The number of pyridine rings is 1. The summed E-state index contributed by atoms with van der Waals surface area (Å²) in [4.78, 5) is 26.9. The van der Waals surface area contributed by atoms with Crippen LogP contribution in [0.2, 0.25) is 0 Å². The highest BCUT2D eigenvalue weighted by Gasteiger charge is 2.25. The molecule has 1 saturated heterocycles. The number of anilines is 1. The minimum Gasteiger partial charge on any atom is -0.497 e. The van der Waals surface area contributed by atoms with Gasteiger partial charge in [-0.2, -0.15) is 0 Å². The smallest absolute Gasteiger partial charge is 0.254 e. The van der Waals surface area contributed by atoms with E-state index in [0.717, 1.165) is 46.1 Å². The first-order valence-corrected chi connectivity index (χ1v) is 11.1. The topological polar surface area (TPSA) is 58.6 Å². The zero-order chi connectivity index (χ0) is 21.2. The first-order valence-electron chi connectivity index (χ1n) is 10.2. The zero-order valence-electron chi connectivity index (χ0n) is 17.2. The molecule has 1 aliphatic rings. The minimum absolute atomic E-state index is 0.0483. The van der Waals surface area contributed by atoms with Crippen LogP contribution in [0.25, 0.3) is 22.2 Å². The number of ether oxygens (including phenoxy) is 1.